The van der Waals surface area contributed by atoms with Gasteiger partial charge < -0.3 is 4.90 Å². The van der Waals surface area contributed by atoms with Gasteiger partial charge in [-0.2, -0.15) is 9.57 Å². The van der Waals surface area contributed by atoms with E-state index in [0.29, 0.717) is 24.4 Å². The monoisotopic (exact) mass is 358 g/mol. The molecule has 0 aromatic heterocycles. The maximum absolute atomic E-state index is 12.5. The minimum absolute atomic E-state index is 0.326. The molecular formula is C13H17BrN3O2S+. The summed E-state index contributed by atoms with van der Waals surface area (Å²) in [6.45, 7) is 3.33. The molecule has 1 heterocycles. The number of sulfonamides is 1. The van der Waals surface area contributed by atoms with Crippen molar-refractivity contribution in [1.29, 1.82) is 5.26 Å². The molecular weight excluding hydrogens is 342 g/mol. The van der Waals surface area contributed by atoms with E-state index in [1.807, 2.05) is 6.07 Å². The average molecular weight is 359 g/mol. The van der Waals surface area contributed by atoms with Gasteiger partial charge in [0.1, 0.15) is 0 Å². The van der Waals surface area contributed by atoms with Gasteiger partial charge in [-0.25, -0.2) is 8.42 Å². The fourth-order valence-corrected chi connectivity index (χ4v) is 4.34. The first-order valence-corrected chi connectivity index (χ1v) is 8.73. The highest BCUT2D eigenvalue weighted by Gasteiger charge is 2.30. The molecule has 0 bridgehead atoms. The zero-order valence-electron chi connectivity index (χ0n) is 11.0. The summed E-state index contributed by atoms with van der Waals surface area (Å²) < 4.78 is 27.3. The van der Waals surface area contributed by atoms with E-state index in [1.54, 1.807) is 18.2 Å². The number of nitriles is 1. The molecule has 1 saturated heterocycles. The molecule has 1 aromatic rings. The highest BCUT2D eigenvalue weighted by atomic mass is 79.9. The van der Waals surface area contributed by atoms with Crippen LogP contribution in [0.1, 0.15) is 6.42 Å². The van der Waals surface area contributed by atoms with Crippen LogP contribution in [0.15, 0.2) is 33.6 Å². The molecule has 0 aliphatic carbocycles. The first-order valence-electron chi connectivity index (χ1n) is 6.50. The van der Waals surface area contributed by atoms with E-state index >= 15 is 0 Å². The minimum atomic E-state index is -3.40. The maximum atomic E-state index is 12.5. The van der Waals surface area contributed by atoms with E-state index in [0.717, 1.165) is 24.1 Å². The molecule has 1 fully saturated rings. The van der Waals surface area contributed by atoms with E-state index < -0.39 is 10.0 Å². The zero-order valence-corrected chi connectivity index (χ0v) is 13.5. The standard InChI is InChI=1S/C13H16BrN3O2S/c14-12-3-1-4-13(11-12)20(18,19)17-9-7-16(8-10-17)6-2-5-15/h1,3-4,11H,2,6-10H2/p+1. The van der Waals surface area contributed by atoms with Crippen LogP contribution in [0.4, 0.5) is 0 Å². The van der Waals surface area contributed by atoms with Gasteiger partial charge in [-0.15, -0.1) is 0 Å². The van der Waals surface area contributed by atoms with Crippen molar-refractivity contribution in [2.45, 2.75) is 11.3 Å². The van der Waals surface area contributed by atoms with Gasteiger partial charge in [-0.05, 0) is 18.2 Å². The van der Waals surface area contributed by atoms with Gasteiger partial charge in [0, 0.05) is 4.47 Å². The lowest BCUT2D eigenvalue weighted by Gasteiger charge is -2.31. The van der Waals surface area contributed by atoms with E-state index in [-0.39, 0.29) is 0 Å². The Hall–Kier alpha value is -0.940. The largest absolute Gasteiger partial charge is 0.332 e. The SMILES string of the molecule is N#CCC[NH+]1CCN(S(=O)(=O)c2cccc(Br)c2)CC1. The maximum Gasteiger partial charge on any atom is 0.243 e. The molecule has 1 aliphatic rings. The topological polar surface area (TPSA) is 65.6 Å². The molecule has 0 saturated carbocycles. The fraction of sp³-hybridized carbons (Fsp3) is 0.462. The number of hydrogen-bond donors (Lipinski definition) is 1. The van der Waals surface area contributed by atoms with Gasteiger partial charge in [0.2, 0.25) is 10.0 Å². The molecule has 2 rings (SSSR count). The summed E-state index contributed by atoms with van der Waals surface area (Å²) in [5.41, 5.74) is 0. The van der Waals surface area contributed by atoms with Gasteiger partial charge in [0.05, 0.1) is 50.1 Å². The van der Waals surface area contributed by atoms with Crippen molar-refractivity contribution < 1.29 is 13.3 Å². The summed E-state index contributed by atoms with van der Waals surface area (Å²) >= 11 is 3.30. The number of quaternary nitrogens is 1. The van der Waals surface area contributed by atoms with Crippen LogP contribution in [0.25, 0.3) is 0 Å². The minimum Gasteiger partial charge on any atom is -0.332 e. The molecule has 0 amide bonds. The van der Waals surface area contributed by atoms with Crippen LogP contribution in [0.5, 0.6) is 0 Å². The Morgan fingerprint density at radius 3 is 2.65 bits per heavy atom. The predicted octanol–water partition coefficient (Wildman–Crippen LogP) is 0.252. The van der Waals surface area contributed by atoms with Gasteiger partial charge in [-0.3, -0.25) is 0 Å². The second kappa shape index (κ2) is 6.68. The Bertz CT molecular complexity index is 604. The van der Waals surface area contributed by atoms with Crippen molar-refractivity contribution in [2.75, 3.05) is 32.7 Å². The molecule has 0 spiro atoms. The van der Waals surface area contributed by atoms with Crippen molar-refractivity contribution in [3.8, 4) is 6.07 Å². The molecule has 1 aromatic carbocycles. The first-order chi connectivity index (χ1) is 9.54. The summed E-state index contributed by atoms with van der Waals surface area (Å²) in [5.74, 6) is 0. The Morgan fingerprint density at radius 2 is 2.05 bits per heavy atom. The van der Waals surface area contributed by atoms with Crippen LogP contribution in [-0.2, 0) is 10.0 Å². The number of nitrogens with one attached hydrogen (secondary N) is 1. The molecule has 1 aliphatic heterocycles. The van der Waals surface area contributed by atoms with E-state index in [1.165, 1.54) is 9.21 Å². The Balaban J connectivity index is 2.04. The van der Waals surface area contributed by atoms with Crippen molar-refractivity contribution >= 4 is 26.0 Å². The van der Waals surface area contributed by atoms with Crippen molar-refractivity contribution in [2.24, 2.45) is 0 Å². The lowest BCUT2D eigenvalue weighted by Crippen LogP contribution is -3.14. The summed E-state index contributed by atoms with van der Waals surface area (Å²) in [4.78, 5) is 1.62. The van der Waals surface area contributed by atoms with Crippen LogP contribution in [-0.4, -0.2) is 45.4 Å². The molecule has 0 atom stereocenters. The number of piperazine rings is 1. The summed E-state index contributed by atoms with van der Waals surface area (Å²) in [5, 5.41) is 8.58. The molecule has 7 heteroatoms. The van der Waals surface area contributed by atoms with Crippen LogP contribution < -0.4 is 4.90 Å². The lowest BCUT2D eigenvalue weighted by atomic mass is 10.3. The summed E-state index contributed by atoms with van der Waals surface area (Å²) in [6.07, 6.45) is 0.522. The van der Waals surface area contributed by atoms with Gasteiger partial charge in [0.25, 0.3) is 0 Å². The summed E-state index contributed by atoms with van der Waals surface area (Å²) in [7, 11) is -3.40. The third-order valence-electron chi connectivity index (χ3n) is 3.45. The van der Waals surface area contributed by atoms with Crippen molar-refractivity contribution in [3.05, 3.63) is 28.7 Å². The number of hydrogen-bond acceptors (Lipinski definition) is 3. The van der Waals surface area contributed by atoms with Crippen molar-refractivity contribution in [1.82, 2.24) is 4.31 Å². The van der Waals surface area contributed by atoms with Crippen LogP contribution in [0, 0.1) is 11.3 Å². The third kappa shape index (κ3) is 3.58. The third-order valence-corrected chi connectivity index (χ3v) is 5.84. The zero-order chi connectivity index (χ0) is 14.6. The smallest absolute Gasteiger partial charge is 0.243 e. The first kappa shape index (κ1) is 15.4. The molecule has 0 unspecified atom stereocenters. The average Bonchev–Trinajstić information content (AvgIpc) is 2.45. The summed E-state index contributed by atoms with van der Waals surface area (Å²) in [6, 6.07) is 8.92. The van der Waals surface area contributed by atoms with Gasteiger partial charge >= 0.3 is 0 Å². The number of rotatable bonds is 4. The van der Waals surface area contributed by atoms with E-state index in [9.17, 15) is 8.42 Å². The fourth-order valence-electron chi connectivity index (χ4n) is 2.30. The molecule has 1 N–H and O–H groups in total. The van der Waals surface area contributed by atoms with Gasteiger partial charge in [0.15, 0.2) is 0 Å². The van der Waals surface area contributed by atoms with Crippen LogP contribution in [0.2, 0.25) is 0 Å². The molecule has 5 nitrogen and oxygen atoms in total. The van der Waals surface area contributed by atoms with Crippen LogP contribution in [0.3, 0.4) is 0 Å². The normalized spacial score (nSPS) is 17.8. The van der Waals surface area contributed by atoms with Gasteiger partial charge in [-0.1, -0.05) is 22.0 Å². The quantitative estimate of drug-likeness (QED) is 0.838. The number of nitrogens with zero attached hydrogens (tertiary/aromatic N) is 2. The lowest BCUT2D eigenvalue weighted by molar-refractivity contribution is -0.903. The number of benzene rings is 1. The van der Waals surface area contributed by atoms with E-state index in [2.05, 4.69) is 22.0 Å². The van der Waals surface area contributed by atoms with Crippen molar-refractivity contribution in [3.63, 3.8) is 0 Å². The molecule has 20 heavy (non-hydrogen) atoms. The second-order valence-electron chi connectivity index (χ2n) is 4.77. The highest BCUT2D eigenvalue weighted by Crippen LogP contribution is 2.19. The predicted molar refractivity (Wildman–Crippen MR) is 78.7 cm³/mol. The number of halogens is 1. The molecule has 108 valence electrons. The van der Waals surface area contributed by atoms with Crippen LogP contribution >= 0.6 is 15.9 Å². The Morgan fingerprint density at radius 1 is 1.35 bits per heavy atom. The Labute approximate surface area is 128 Å². The van der Waals surface area contributed by atoms with E-state index in [4.69, 9.17) is 5.26 Å². The molecule has 0 radical (unpaired) electrons. The Kier molecular flexibility index (Phi) is 5.16. The highest BCUT2D eigenvalue weighted by molar-refractivity contribution is 9.10. The second-order valence-corrected chi connectivity index (χ2v) is 7.62.